The Morgan fingerprint density at radius 1 is 1.33 bits per heavy atom. The minimum absolute atomic E-state index is 0.189. The number of alkyl halides is 3. The first-order valence-electron chi connectivity index (χ1n) is 10.1. The molecule has 0 saturated carbocycles. The van der Waals surface area contributed by atoms with Crippen molar-refractivity contribution in [2.24, 2.45) is 20.8 Å². The molecule has 0 saturated heterocycles. The summed E-state index contributed by atoms with van der Waals surface area (Å²) in [5.74, 6) is 1.39. The number of allylic oxidation sites excluding steroid dienone is 5. The van der Waals surface area contributed by atoms with Crippen LogP contribution in [0.5, 0.6) is 0 Å². The van der Waals surface area contributed by atoms with Crippen LogP contribution in [0.4, 0.5) is 13.2 Å². The quantitative estimate of drug-likeness (QED) is 0.193. The molecule has 0 amide bonds. The number of nitrogens with two attached hydrogens (primary N) is 1. The Hall–Kier alpha value is -3.01. The van der Waals surface area contributed by atoms with Crippen LogP contribution in [0.1, 0.15) is 27.2 Å². The molecule has 6 nitrogen and oxygen atoms in total. The molecule has 33 heavy (non-hydrogen) atoms. The number of halogens is 3. The third kappa shape index (κ3) is 9.98. The van der Waals surface area contributed by atoms with E-state index in [0.29, 0.717) is 17.9 Å². The second-order valence-electron chi connectivity index (χ2n) is 6.94. The van der Waals surface area contributed by atoms with Gasteiger partial charge in [-0.15, -0.1) is 11.8 Å². The standard InChI is InChI=1S/C23H31F3N6S/c1-7-18(10-9-13-23(24,25)26)21(28-5)31-22(32(6)30-8-2)16(3)14-29-17(4)19-11-12-20(27)33-15-19/h7-12,29H,4-5,13-15,27H2,1-3,6H3/b10-9-,18-7+,22-16+,30-8-,31-21-. The van der Waals surface area contributed by atoms with Gasteiger partial charge in [-0.25, -0.2) is 9.98 Å². The lowest BCUT2D eigenvalue weighted by Crippen LogP contribution is -2.22. The molecule has 1 aliphatic rings. The van der Waals surface area contributed by atoms with Gasteiger partial charge in [-0.05, 0) is 44.7 Å². The molecule has 0 fully saturated rings. The van der Waals surface area contributed by atoms with Gasteiger partial charge in [0.1, 0.15) is 0 Å². The van der Waals surface area contributed by atoms with Crippen LogP contribution < -0.4 is 11.1 Å². The Bertz CT molecular complexity index is 936. The van der Waals surface area contributed by atoms with Crippen molar-refractivity contribution in [2.75, 3.05) is 19.3 Å². The van der Waals surface area contributed by atoms with E-state index < -0.39 is 12.6 Å². The Labute approximate surface area is 198 Å². The molecule has 0 radical (unpaired) electrons. The van der Waals surface area contributed by atoms with E-state index in [9.17, 15) is 13.2 Å². The molecule has 0 aromatic rings. The summed E-state index contributed by atoms with van der Waals surface area (Å²) in [6.07, 6.45) is 4.04. The zero-order valence-corrected chi connectivity index (χ0v) is 20.2. The number of nitrogens with one attached hydrogen (secondary N) is 1. The first kappa shape index (κ1) is 28.0. The number of nitrogens with zero attached hydrogens (tertiary/aromatic N) is 4. The summed E-state index contributed by atoms with van der Waals surface area (Å²) >= 11 is 1.54. The predicted molar refractivity (Wildman–Crippen MR) is 135 cm³/mol. The highest BCUT2D eigenvalue weighted by Gasteiger charge is 2.24. The molecule has 1 heterocycles. The molecular weight excluding hydrogens is 449 g/mol. The number of hydrazone groups is 1. The van der Waals surface area contributed by atoms with Crippen LogP contribution in [0.2, 0.25) is 0 Å². The van der Waals surface area contributed by atoms with E-state index in [-0.39, 0.29) is 5.84 Å². The summed E-state index contributed by atoms with van der Waals surface area (Å²) in [5, 5.41) is 9.85. The van der Waals surface area contributed by atoms with Crippen LogP contribution in [0.25, 0.3) is 0 Å². The van der Waals surface area contributed by atoms with Gasteiger partial charge in [-0.2, -0.15) is 18.3 Å². The van der Waals surface area contributed by atoms with Gasteiger partial charge in [0.15, 0.2) is 11.7 Å². The Balaban J connectivity index is 3.19. The normalized spacial score (nSPS) is 16.5. The zero-order valence-electron chi connectivity index (χ0n) is 19.4. The highest BCUT2D eigenvalue weighted by molar-refractivity contribution is 8.03. The van der Waals surface area contributed by atoms with Gasteiger partial charge in [0.05, 0.1) is 11.4 Å². The van der Waals surface area contributed by atoms with E-state index >= 15 is 0 Å². The minimum Gasteiger partial charge on any atom is -0.394 e. The molecule has 0 aromatic carbocycles. The SMILES string of the molecule is C=NC(=N\C(=C(\C)CNC(=C)C1=CC=C(N)SC1)N(C)/N=C\C)/C(/C=C\CC(F)(F)F)=C/C. The van der Waals surface area contributed by atoms with Gasteiger partial charge in [-0.3, -0.25) is 5.01 Å². The predicted octanol–water partition coefficient (Wildman–Crippen LogP) is 5.29. The third-order valence-electron chi connectivity index (χ3n) is 4.35. The Morgan fingerprint density at radius 3 is 2.55 bits per heavy atom. The second-order valence-corrected chi connectivity index (χ2v) is 7.99. The maximum atomic E-state index is 12.5. The van der Waals surface area contributed by atoms with Crippen LogP contribution >= 0.6 is 11.8 Å². The van der Waals surface area contributed by atoms with Crippen LogP contribution in [-0.2, 0) is 0 Å². The number of hydrogen-bond donors (Lipinski definition) is 2. The largest absolute Gasteiger partial charge is 0.394 e. The van der Waals surface area contributed by atoms with Crippen molar-refractivity contribution in [2.45, 2.75) is 33.4 Å². The maximum absolute atomic E-state index is 12.5. The zero-order chi connectivity index (χ0) is 25.0. The fraction of sp³-hybridized carbons (Fsp3) is 0.348. The molecule has 0 bridgehead atoms. The van der Waals surface area contributed by atoms with Crippen molar-refractivity contribution in [3.05, 3.63) is 70.2 Å². The van der Waals surface area contributed by atoms with Gasteiger partial charge in [0, 0.05) is 36.8 Å². The van der Waals surface area contributed by atoms with Crippen molar-refractivity contribution < 1.29 is 13.2 Å². The molecular formula is C23H31F3N6S. The van der Waals surface area contributed by atoms with Crippen molar-refractivity contribution >= 4 is 30.5 Å². The lowest BCUT2D eigenvalue weighted by molar-refractivity contribution is -0.125. The fourth-order valence-electron chi connectivity index (χ4n) is 2.64. The van der Waals surface area contributed by atoms with E-state index in [2.05, 4.69) is 33.7 Å². The van der Waals surface area contributed by atoms with E-state index in [0.717, 1.165) is 33.7 Å². The van der Waals surface area contributed by atoms with Crippen molar-refractivity contribution in [3.63, 3.8) is 0 Å². The Morgan fingerprint density at radius 2 is 2.03 bits per heavy atom. The first-order valence-corrected chi connectivity index (χ1v) is 11.1. The summed E-state index contributed by atoms with van der Waals surface area (Å²) in [6.45, 7) is 13.4. The smallest absolute Gasteiger partial charge is 0.392 e. The molecule has 0 aliphatic carbocycles. The molecule has 180 valence electrons. The second kappa shape index (κ2) is 13.5. The lowest BCUT2D eigenvalue weighted by atomic mass is 10.2. The van der Waals surface area contributed by atoms with Gasteiger partial charge >= 0.3 is 6.18 Å². The van der Waals surface area contributed by atoms with Crippen LogP contribution in [0, 0.1) is 0 Å². The molecule has 1 aliphatic heterocycles. The van der Waals surface area contributed by atoms with Gasteiger partial charge in [-0.1, -0.05) is 30.9 Å². The number of rotatable bonds is 10. The van der Waals surface area contributed by atoms with E-state index in [4.69, 9.17) is 5.73 Å². The molecule has 0 atom stereocenters. The summed E-state index contributed by atoms with van der Waals surface area (Å²) in [5.41, 5.74) is 8.81. The van der Waals surface area contributed by atoms with Crippen LogP contribution in [0.3, 0.4) is 0 Å². The number of hydrogen-bond acceptors (Lipinski definition) is 6. The van der Waals surface area contributed by atoms with Crippen molar-refractivity contribution in [1.82, 2.24) is 10.3 Å². The number of thioether (sulfide) groups is 1. The number of aliphatic imine (C=N–C) groups is 2. The molecule has 1 rings (SSSR count). The average Bonchev–Trinajstić information content (AvgIpc) is 2.76. The molecule has 0 unspecified atom stereocenters. The third-order valence-corrected chi connectivity index (χ3v) is 5.28. The summed E-state index contributed by atoms with van der Waals surface area (Å²) in [4.78, 5) is 8.50. The van der Waals surface area contributed by atoms with E-state index in [1.807, 2.05) is 19.1 Å². The average molecular weight is 481 g/mol. The molecule has 3 N–H and O–H groups in total. The molecule has 0 spiro atoms. The topological polar surface area (TPSA) is 78.4 Å². The molecule has 10 heteroatoms. The minimum atomic E-state index is -4.28. The van der Waals surface area contributed by atoms with Crippen LogP contribution in [-0.4, -0.2) is 49.3 Å². The van der Waals surface area contributed by atoms with Gasteiger partial charge in [0.25, 0.3) is 0 Å². The van der Waals surface area contributed by atoms with Gasteiger partial charge in [0.2, 0.25) is 0 Å². The van der Waals surface area contributed by atoms with Gasteiger partial charge < -0.3 is 11.1 Å². The van der Waals surface area contributed by atoms with Crippen molar-refractivity contribution in [3.8, 4) is 0 Å². The van der Waals surface area contributed by atoms with E-state index in [1.54, 1.807) is 38.2 Å². The summed E-state index contributed by atoms with van der Waals surface area (Å²) < 4.78 is 37.5. The van der Waals surface area contributed by atoms with E-state index in [1.165, 1.54) is 17.8 Å². The highest BCUT2D eigenvalue weighted by atomic mass is 32.2. The fourth-order valence-corrected chi connectivity index (χ4v) is 3.40. The monoisotopic (exact) mass is 480 g/mol. The van der Waals surface area contributed by atoms with Crippen molar-refractivity contribution in [1.29, 1.82) is 0 Å². The maximum Gasteiger partial charge on any atom is 0.392 e. The Kier molecular flexibility index (Phi) is 11.5. The number of amidine groups is 1. The lowest BCUT2D eigenvalue weighted by Gasteiger charge is -2.20. The highest BCUT2D eigenvalue weighted by Crippen LogP contribution is 2.23. The first-order chi connectivity index (χ1) is 15.5. The summed E-state index contributed by atoms with van der Waals surface area (Å²) in [6, 6.07) is 0. The summed E-state index contributed by atoms with van der Waals surface area (Å²) in [7, 11) is 1.72. The van der Waals surface area contributed by atoms with Crippen LogP contribution in [0.15, 0.2) is 85.3 Å². The molecule has 0 aromatic heterocycles.